The maximum atomic E-state index is 16.1. The molecule has 0 unspecified atom stereocenters. The molecule has 1 spiro atoms. The average Bonchev–Trinajstić information content (AvgIpc) is 3.62. The Morgan fingerprint density at radius 1 is 1.20 bits per heavy atom. The molecule has 3 aliphatic heterocycles. The first kappa shape index (κ1) is 30.0. The van der Waals surface area contributed by atoms with Crippen LogP contribution in [0.2, 0.25) is 18.6 Å². The summed E-state index contributed by atoms with van der Waals surface area (Å²) in [7, 11) is -3.43. The van der Waals surface area contributed by atoms with Gasteiger partial charge in [0.15, 0.2) is 5.60 Å². The molecule has 232 valence electrons. The van der Waals surface area contributed by atoms with Crippen LogP contribution >= 0.6 is 0 Å². The standard InChI is InChI=1S/C30H35FN6O6Si/c1-19-28(44(2,3)31)26(10-13-34-18-21(12-15-38)32-33-34)43-30(19)24-16-23(37(41)42)8-9-25(24)36(29(30)40)17-20-4-6-22(7-5-20)35-14-11-27(35)39/h4-9,16,18-19,26,28,38H,10-15,17H2,1-3H3/t19-,26+,28-,30+/m1/s1. The number of fused-ring (bicyclic) bond motifs is 2. The molecule has 4 heterocycles. The molecule has 14 heteroatoms. The first-order chi connectivity index (χ1) is 20.9. The van der Waals surface area contributed by atoms with Crippen molar-refractivity contribution in [1.82, 2.24) is 15.0 Å². The van der Waals surface area contributed by atoms with Crippen LogP contribution in [-0.2, 0) is 39.4 Å². The average molecular weight is 623 g/mol. The van der Waals surface area contributed by atoms with Crippen molar-refractivity contribution in [2.45, 2.75) is 69.6 Å². The number of non-ortho nitro benzene ring substituents is 1. The van der Waals surface area contributed by atoms with Gasteiger partial charge in [0.05, 0.1) is 29.0 Å². The Kier molecular flexibility index (Phi) is 7.62. The lowest BCUT2D eigenvalue weighted by Crippen LogP contribution is -2.45. The predicted molar refractivity (Wildman–Crippen MR) is 161 cm³/mol. The number of benzene rings is 2. The molecule has 12 nitrogen and oxygen atoms in total. The lowest BCUT2D eigenvalue weighted by molar-refractivity contribution is -0.385. The van der Waals surface area contributed by atoms with Gasteiger partial charge in [-0.2, -0.15) is 0 Å². The van der Waals surface area contributed by atoms with Crippen molar-refractivity contribution in [3.8, 4) is 0 Å². The SMILES string of the molecule is C[C@@H]1[C@@H]([Si](C)(C)F)[C@H](CCn2cc(CCO)nn2)O[C@@]12C(=O)N(Cc1ccc(N3CCC3=O)cc1)c1ccc([N+](=O)[O-])cc12. The van der Waals surface area contributed by atoms with Gasteiger partial charge in [0, 0.05) is 73.6 Å². The molecule has 4 atom stereocenters. The summed E-state index contributed by atoms with van der Waals surface area (Å²) in [5, 5.41) is 29.2. The number of carbonyl (C=O) groups excluding carboxylic acids is 2. The summed E-state index contributed by atoms with van der Waals surface area (Å²) >= 11 is 0. The van der Waals surface area contributed by atoms with Gasteiger partial charge < -0.3 is 23.8 Å². The van der Waals surface area contributed by atoms with Gasteiger partial charge in [-0.25, -0.2) is 0 Å². The van der Waals surface area contributed by atoms with E-state index in [1.165, 1.54) is 12.1 Å². The number of aliphatic hydroxyl groups excluding tert-OH is 1. The first-order valence-electron chi connectivity index (χ1n) is 14.8. The summed E-state index contributed by atoms with van der Waals surface area (Å²) in [6.45, 7) is 6.18. The second kappa shape index (κ2) is 11.2. The van der Waals surface area contributed by atoms with Crippen molar-refractivity contribution < 1.29 is 28.5 Å². The molecule has 0 aliphatic carbocycles. The third-order valence-corrected chi connectivity index (χ3v) is 11.6. The van der Waals surface area contributed by atoms with Crippen LogP contribution < -0.4 is 9.80 Å². The van der Waals surface area contributed by atoms with Gasteiger partial charge in [-0.05, 0) is 43.3 Å². The largest absolute Gasteiger partial charge is 0.396 e. The zero-order chi connectivity index (χ0) is 31.4. The summed E-state index contributed by atoms with van der Waals surface area (Å²) in [6.07, 6.45) is 2.32. The van der Waals surface area contributed by atoms with Gasteiger partial charge in [-0.1, -0.05) is 24.3 Å². The Hall–Kier alpha value is -4.01. The van der Waals surface area contributed by atoms with Gasteiger partial charge in [-0.3, -0.25) is 24.4 Å². The molecule has 1 aromatic heterocycles. The molecule has 0 saturated carbocycles. The van der Waals surface area contributed by atoms with Gasteiger partial charge in [0.25, 0.3) is 11.6 Å². The number of nitrogens with zero attached hydrogens (tertiary/aromatic N) is 6. The second-order valence-corrected chi connectivity index (χ2v) is 16.1. The van der Waals surface area contributed by atoms with E-state index in [0.717, 1.165) is 11.3 Å². The number of halogens is 1. The highest BCUT2D eigenvalue weighted by molar-refractivity contribution is 6.72. The molecule has 6 rings (SSSR count). The third-order valence-electron chi connectivity index (χ3n) is 9.19. The molecule has 2 saturated heterocycles. The fourth-order valence-corrected chi connectivity index (χ4v) is 9.61. The minimum Gasteiger partial charge on any atom is -0.396 e. The molecule has 3 aromatic rings. The van der Waals surface area contributed by atoms with E-state index < -0.39 is 36.5 Å². The zero-order valence-corrected chi connectivity index (χ0v) is 25.9. The van der Waals surface area contributed by atoms with Crippen molar-refractivity contribution in [1.29, 1.82) is 0 Å². The molecular weight excluding hydrogens is 587 g/mol. The molecule has 2 aromatic carbocycles. The lowest BCUT2D eigenvalue weighted by Gasteiger charge is -2.31. The Labute approximate surface area is 254 Å². The highest BCUT2D eigenvalue weighted by Crippen LogP contribution is 2.60. The minimum atomic E-state index is -3.43. The van der Waals surface area contributed by atoms with E-state index >= 15 is 4.11 Å². The fourth-order valence-electron chi connectivity index (χ4n) is 7.06. The van der Waals surface area contributed by atoms with Crippen LogP contribution in [-0.4, -0.2) is 64.5 Å². The van der Waals surface area contributed by atoms with E-state index in [0.29, 0.717) is 49.3 Å². The topological polar surface area (TPSA) is 144 Å². The number of aryl methyl sites for hydroxylation is 1. The van der Waals surface area contributed by atoms with E-state index in [2.05, 4.69) is 10.3 Å². The second-order valence-electron chi connectivity index (χ2n) is 12.3. The number of aromatic nitrogens is 3. The van der Waals surface area contributed by atoms with Crippen LogP contribution in [0.5, 0.6) is 0 Å². The lowest BCUT2D eigenvalue weighted by atomic mass is 9.82. The molecule has 3 aliphatic rings. The van der Waals surface area contributed by atoms with E-state index in [9.17, 15) is 24.8 Å². The van der Waals surface area contributed by atoms with E-state index in [4.69, 9.17) is 4.74 Å². The Bertz CT molecular complexity index is 1610. The maximum absolute atomic E-state index is 16.1. The van der Waals surface area contributed by atoms with Gasteiger partial charge in [0.2, 0.25) is 14.3 Å². The quantitative estimate of drug-likeness (QED) is 0.118. The Morgan fingerprint density at radius 2 is 1.95 bits per heavy atom. The first-order valence-corrected chi connectivity index (χ1v) is 17.8. The smallest absolute Gasteiger partial charge is 0.269 e. The highest BCUT2D eigenvalue weighted by Gasteiger charge is 2.66. The molecule has 0 bridgehead atoms. The van der Waals surface area contributed by atoms with Crippen molar-refractivity contribution in [2.75, 3.05) is 23.0 Å². The Morgan fingerprint density at radius 3 is 2.57 bits per heavy atom. The monoisotopic (exact) mass is 622 g/mol. The number of ether oxygens (including phenoxy) is 1. The number of nitro benzene ring substituents is 1. The van der Waals surface area contributed by atoms with Crippen LogP contribution in [0, 0.1) is 16.0 Å². The molecule has 2 fully saturated rings. The van der Waals surface area contributed by atoms with Crippen molar-refractivity contribution >= 4 is 37.3 Å². The number of carbonyl (C=O) groups is 2. The highest BCUT2D eigenvalue weighted by atomic mass is 28.4. The van der Waals surface area contributed by atoms with Crippen molar-refractivity contribution in [3.05, 3.63) is 75.6 Å². The summed E-state index contributed by atoms with van der Waals surface area (Å²) in [6, 6.07) is 11.7. The number of nitro groups is 1. The van der Waals surface area contributed by atoms with Crippen LogP contribution in [0.3, 0.4) is 0 Å². The van der Waals surface area contributed by atoms with Crippen LogP contribution in [0.25, 0.3) is 0 Å². The minimum absolute atomic E-state index is 0.0550. The van der Waals surface area contributed by atoms with Crippen LogP contribution in [0.1, 0.15) is 36.6 Å². The number of hydrogen-bond donors (Lipinski definition) is 1. The van der Waals surface area contributed by atoms with Crippen LogP contribution in [0.15, 0.2) is 48.7 Å². The Balaban J connectivity index is 1.34. The molecular formula is C30H35FN6O6Si. The summed E-state index contributed by atoms with van der Waals surface area (Å²) in [5.74, 6) is -0.910. The predicted octanol–water partition coefficient (Wildman–Crippen LogP) is 3.87. The van der Waals surface area contributed by atoms with E-state index in [1.807, 2.05) is 31.2 Å². The number of aliphatic hydroxyl groups is 1. The van der Waals surface area contributed by atoms with Crippen molar-refractivity contribution in [3.63, 3.8) is 0 Å². The maximum Gasteiger partial charge on any atom is 0.269 e. The summed E-state index contributed by atoms with van der Waals surface area (Å²) < 4.78 is 24.4. The molecule has 2 amide bonds. The third kappa shape index (κ3) is 5.00. The van der Waals surface area contributed by atoms with Crippen molar-refractivity contribution in [2.24, 2.45) is 5.92 Å². The number of β-lactam (4-membered cyclic amide) rings is 1. The van der Waals surface area contributed by atoms with Gasteiger partial charge >= 0.3 is 0 Å². The van der Waals surface area contributed by atoms with Gasteiger partial charge in [0.1, 0.15) is 0 Å². The zero-order valence-electron chi connectivity index (χ0n) is 24.9. The molecule has 1 N–H and O–H groups in total. The van der Waals surface area contributed by atoms with Gasteiger partial charge in [-0.15, -0.1) is 5.10 Å². The molecule has 0 radical (unpaired) electrons. The number of rotatable bonds is 10. The fraction of sp³-hybridized carbons (Fsp3) is 0.467. The molecule has 44 heavy (non-hydrogen) atoms. The number of anilines is 2. The number of hydrogen-bond acceptors (Lipinski definition) is 8. The number of amides is 2. The van der Waals surface area contributed by atoms with Crippen LogP contribution in [0.4, 0.5) is 21.2 Å². The van der Waals surface area contributed by atoms with E-state index in [-0.39, 0.29) is 30.7 Å². The normalized spacial score (nSPS) is 24.7. The summed E-state index contributed by atoms with van der Waals surface area (Å²) in [5.41, 5.74) is 0.756. The summed E-state index contributed by atoms with van der Waals surface area (Å²) in [4.78, 5) is 41.0. The van der Waals surface area contributed by atoms with E-state index in [1.54, 1.807) is 39.8 Å².